The third-order valence-corrected chi connectivity index (χ3v) is 3.64. The van der Waals surface area contributed by atoms with E-state index in [4.69, 9.17) is 4.74 Å². The first-order chi connectivity index (χ1) is 10.6. The van der Waals surface area contributed by atoms with Crippen LogP contribution in [-0.2, 0) is 13.0 Å². The van der Waals surface area contributed by atoms with Gasteiger partial charge in [0.15, 0.2) is 0 Å². The van der Waals surface area contributed by atoms with Crippen molar-refractivity contribution in [1.82, 2.24) is 5.32 Å². The van der Waals surface area contributed by atoms with E-state index in [1.807, 2.05) is 12.1 Å². The molecule has 1 heterocycles. The topological polar surface area (TPSA) is 50.4 Å². The second kappa shape index (κ2) is 6.05. The second-order valence-corrected chi connectivity index (χ2v) is 5.31. The van der Waals surface area contributed by atoms with E-state index in [9.17, 15) is 9.18 Å². The van der Waals surface area contributed by atoms with Crippen molar-refractivity contribution >= 4 is 11.7 Å². The van der Waals surface area contributed by atoms with Gasteiger partial charge in [0.2, 0.25) is 0 Å². The van der Waals surface area contributed by atoms with Crippen LogP contribution in [0.4, 0.5) is 14.9 Å². The number of halogens is 1. The van der Waals surface area contributed by atoms with Crippen LogP contribution in [0.3, 0.4) is 0 Å². The number of urea groups is 1. The van der Waals surface area contributed by atoms with Gasteiger partial charge < -0.3 is 15.4 Å². The maximum atomic E-state index is 13.4. The standard InChI is InChI=1S/C17H17FN2O2/c1-11-2-3-12(8-15(11)18)10-19-17(21)20-14-4-5-16-13(9-14)6-7-22-16/h2-5,8-9H,6-7,10H2,1H3,(H2,19,20,21). The monoisotopic (exact) mass is 300 g/mol. The number of anilines is 1. The van der Waals surface area contributed by atoms with Crippen LogP contribution >= 0.6 is 0 Å². The van der Waals surface area contributed by atoms with Gasteiger partial charge in [0.25, 0.3) is 0 Å². The summed E-state index contributed by atoms with van der Waals surface area (Å²) in [4.78, 5) is 11.9. The lowest BCUT2D eigenvalue weighted by atomic mass is 10.1. The Bertz CT molecular complexity index is 716. The SMILES string of the molecule is Cc1ccc(CNC(=O)Nc2ccc3c(c2)CCO3)cc1F. The highest BCUT2D eigenvalue weighted by Crippen LogP contribution is 2.27. The molecule has 1 aliphatic rings. The average molecular weight is 300 g/mol. The molecular formula is C17H17FN2O2. The normalized spacial score (nSPS) is 12.5. The number of rotatable bonds is 3. The third-order valence-electron chi connectivity index (χ3n) is 3.64. The van der Waals surface area contributed by atoms with Gasteiger partial charge in [-0.2, -0.15) is 0 Å². The van der Waals surface area contributed by atoms with Gasteiger partial charge in [0.05, 0.1) is 6.61 Å². The molecule has 0 aliphatic carbocycles. The predicted octanol–water partition coefficient (Wildman–Crippen LogP) is 3.39. The second-order valence-electron chi connectivity index (χ2n) is 5.31. The Hall–Kier alpha value is -2.56. The fourth-order valence-corrected chi connectivity index (χ4v) is 2.37. The van der Waals surface area contributed by atoms with Crippen LogP contribution in [0.1, 0.15) is 16.7 Å². The minimum absolute atomic E-state index is 0.265. The molecule has 2 N–H and O–H groups in total. The van der Waals surface area contributed by atoms with Crippen LogP contribution in [0, 0.1) is 12.7 Å². The van der Waals surface area contributed by atoms with Gasteiger partial charge in [-0.25, -0.2) is 9.18 Å². The Morgan fingerprint density at radius 3 is 2.95 bits per heavy atom. The van der Waals surface area contributed by atoms with E-state index in [1.54, 1.807) is 25.1 Å². The number of ether oxygens (including phenoxy) is 1. The summed E-state index contributed by atoms with van der Waals surface area (Å²) >= 11 is 0. The molecule has 0 fully saturated rings. The van der Waals surface area contributed by atoms with Crippen LogP contribution in [-0.4, -0.2) is 12.6 Å². The van der Waals surface area contributed by atoms with Crippen molar-refractivity contribution in [2.24, 2.45) is 0 Å². The van der Waals surface area contributed by atoms with Crippen LogP contribution < -0.4 is 15.4 Å². The van der Waals surface area contributed by atoms with E-state index >= 15 is 0 Å². The Morgan fingerprint density at radius 2 is 2.14 bits per heavy atom. The Morgan fingerprint density at radius 1 is 1.27 bits per heavy atom. The molecule has 2 aromatic rings. The number of nitrogens with one attached hydrogen (secondary N) is 2. The van der Waals surface area contributed by atoms with Gasteiger partial charge in [-0.1, -0.05) is 12.1 Å². The average Bonchev–Trinajstić information content (AvgIpc) is 2.96. The first-order valence-corrected chi connectivity index (χ1v) is 7.17. The van der Waals surface area contributed by atoms with E-state index in [0.29, 0.717) is 12.2 Å². The summed E-state index contributed by atoms with van der Waals surface area (Å²) in [5, 5.41) is 5.48. The van der Waals surface area contributed by atoms with Gasteiger partial charge in [0.1, 0.15) is 11.6 Å². The highest BCUT2D eigenvalue weighted by Gasteiger charge is 2.12. The lowest BCUT2D eigenvalue weighted by Crippen LogP contribution is -2.28. The van der Waals surface area contributed by atoms with Gasteiger partial charge in [0, 0.05) is 18.7 Å². The number of hydrogen-bond acceptors (Lipinski definition) is 2. The van der Waals surface area contributed by atoms with Crippen molar-refractivity contribution in [3.63, 3.8) is 0 Å². The fourth-order valence-electron chi connectivity index (χ4n) is 2.37. The van der Waals surface area contributed by atoms with Crippen molar-refractivity contribution < 1.29 is 13.9 Å². The van der Waals surface area contributed by atoms with Crippen LogP contribution in [0.5, 0.6) is 5.75 Å². The number of fused-ring (bicyclic) bond motifs is 1. The summed E-state index contributed by atoms with van der Waals surface area (Å²) in [6, 6.07) is 10.2. The van der Waals surface area contributed by atoms with Gasteiger partial charge >= 0.3 is 6.03 Å². The number of aryl methyl sites for hydroxylation is 1. The van der Waals surface area contributed by atoms with Crippen molar-refractivity contribution in [3.05, 3.63) is 58.9 Å². The Kier molecular flexibility index (Phi) is 3.96. The largest absolute Gasteiger partial charge is 0.493 e. The highest BCUT2D eigenvalue weighted by atomic mass is 19.1. The molecule has 1 aliphatic heterocycles. The maximum Gasteiger partial charge on any atom is 0.319 e. The lowest BCUT2D eigenvalue weighted by molar-refractivity contribution is 0.251. The summed E-state index contributed by atoms with van der Waals surface area (Å²) in [6.07, 6.45) is 0.856. The molecule has 0 saturated heterocycles. The Labute approximate surface area is 128 Å². The van der Waals surface area contributed by atoms with Crippen molar-refractivity contribution in [2.75, 3.05) is 11.9 Å². The van der Waals surface area contributed by atoms with Crippen molar-refractivity contribution in [2.45, 2.75) is 19.9 Å². The van der Waals surface area contributed by atoms with E-state index in [1.165, 1.54) is 6.07 Å². The lowest BCUT2D eigenvalue weighted by Gasteiger charge is -2.09. The molecule has 0 aromatic heterocycles. The van der Waals surface area contributed by atoms with Crippen LogP contribution in [0.25, 0.3) is 0 Å². The third kappa shape index (κ3) is 3.19. The minimum atomic E-state index is -0.320. The van der Waals surface area contributed by atoms with E-state index in [0.717, 1.165) is 29.0 Å². The molecule has 5 heteroatoms. The highest BCUT2D eigenvalue weighted by molar-refractivity contribution is 5.89. The molecule has 2 amide bonds. The Balaban J connectivity index is 1.57. The number of benzene rings is 2. The van der Waals surface area contributed by atoms with E-state index in [-0.39, 0.29) is 18.4 Å². The minimum Gasteiger partial charge on any atom is -0.493 e. The maximum absolute atomic E-state index is 13.4. The first kappa shape index (κ1) is 14.4. The molecule has 3 rings (SSSR count). The van der Waals surface area contributed by atoms with Crippen molar-refractivity contribution in [3.8, 4) is 5.75 Å². The molecular weight excluding hydrogens is 283 g/mol. The smallest absolute Gasteiger partial charge is 0.319 e. The molecule has 0 unspecified atom stereocenters. The summed E-state index contributed by atoms with van der Waals surface area (Å²) in [5.41, 5.74) is 3.13. The zero-order valence-electron chi connectivity index (χ0n) is 12.3. The first-order valence-electron chi connectivity index (χ1n) is 7.17. The summed E-state index contributed by atoms with van der Waals surface area (Å²) in [5.74, 6) is 0.611. The molecule has 114 valence electrons. The summed E-state index contributed by atoms with van der Waals surface area (Å²) in [6.45, 7) is 2.66. The zero-order chi connectivity index (χ0) is 15.5. The molecule has 0 radical (unpaired) electrons. The molecule has 0 bridgehead atoms. The molecule has 0 atom stereocenters. The predicted molar refractivity (Wildman–Crippen MR) is 82.6 cm³/mol. The quantitative estimate of drug-likeness (QED) is 0.913. The van der Waals surface area contributed by atoms with Crippen LogP contribution in [0.2, 0.25) is 0 Å². The van der Waals surface area contributed by atoms with Gasteiger partial charge in [-0.3, -0.25) is 0 Å². The number of carbonyl (C=O) groups is 1. The molecule has 0 saturated carbocycles. The van der Waals surface area contributed by atoms with E-state index in [2.05, 4.69) is 10.6 Å². The molecule has 2 aromatic carbocycles. The molecule has 22 heavy (non-hydrogen) atoms. The molecule has 4 nitrogen and oxygen atoms in total. The van der Waals surface area contributed by atoms with Crippen molar-refractivity contribution in [1.29, 1.82) is 0 Å². The number of amides is 2. The zero-order valence-corrected chi connectivity index (χ0v) is 12.3. The van der Waals surface area contributed by atoms with Crippen LogP contribution in [0.15, 0.2) is 36.4 Å². The number of hydrogen-bond donors (Lipinski definition) is 2. The van der Waals surface area contributed by atoms with Gasteiger partial charge in [-0.15, -0.1) is 0 Å². The molecule has 0 spiro atoms. The summed E-state index contributed by atoms with van der Waals surface area (Å²) < 4.78 is 18.9. The van der Waals surface area contributed by atoms with Gasteiger partial charge in [-0.05, 0) is 47.9 Å². The number of carbonyl (C=O) groups excluding carboxylic acids is 1. The fraction of sp³-hybridized carbons (Fsp3) is 0.235. The summed E-state index contributed by atoms with van der Waals surface area (Å²) in [7, 11) is 0. The van der Waals surface area contributed by atoms with E-state index < -0.39 is 0 Å².